The standard InChI is InChI=1S/C14H12IN3/c1-18(12-5-2-10(9-16)3-6-12)14-7-4-11(17)8-13(14)15/h2-8H,17H2,1H3. The summed E-state index contributed by atoms with van der Waals surface area (Å²) in [6.07, 6.45) is 0. The number of hydrogen-bond donors (Lipinski definition) is 1. The molecule has 90 valence electrons. The van der Waals surface area contributed by atoms with Gasteiger partial charge in [-0.3, -0.25) is 0 Å². The summed E-state index contributed by atoms with van der Waals surface area (Å²) in [6, 6.07) is 15.4. The fraction of sp³-hybridized carbons (Fsp3) is 0.0714. The van der Waals surface area contributed by atoms with Crippen molar-refractivity contribution in [1.29, 1.82) is 5.26 Å². The number of hydrogen-bond acceptors (Lipinski definition) is 3. The van der Waals surface area contributed by atoms with Crippen LogP contribution in [0.1, 0.15) is 5.56 Å². The number of halogens is 1. The van der Waals surface area contributed by atoms with E-state index in [0.717, 1.165) is 20.6 Å². The van der Waals surface area contributed by atoms with Crippen LogP contribution >= 0.6 is 22.6 Å². The van der Waals surface area contributed by atoms with E-state index in [1.54, 1.807) is 0 Å². The lowest BCUT2D eigenvalue weighted by atomic mass is 10.2. The minimum atomic E-state index is 0.666. The molecule has 0 aliphatic heterocycles. The van der Waals surface area contributed by atoms with Gasteiger partial charge in [-0.05, 0) is 65.1 Å². The molecule has 0 aliphatic carbocycles. The Labute approximate surface area is 120 Å². The van der Waals surface area contributed by atoms with E-state index in [9.17, 15) is 0 Å². The van der Waals surface area contributed by atoms with Gasteiger partial charge in [0.15, 0.2) is 0 Å². The van der Waals surface area contributed by atoms with Gasteiger partial charge >= 0.3 is 0 Å². The molecule has 0 saturated carbocycles. The molecule has 0 saturated heterocycles. The first-order chi connectivity index (χ1) is 8.61. The fourth-order valence-electron chi connectivity index (χ4n) is 1.69. The van der Waals surface area contributed by atoms with Gasteiger partial charge in [0.25, 0.3) is 0 Å². The van der Waals surface area contributed by atoms with Gasteiger partial charge in [-0.25, -0.2) is 0 Å². The first-order valence-corrected chi connectivity index (χ1v) is 6.48. The van der Waals surface area contributed by atoms with Gasteiger partial charge in [0, 0.05) is 22.0 Å². The number of benzene rings is 2. The molecule has 0 aromatic heterocycles. The van der Waals surface area contributed by atoms with Crippen LogP contribution in [-0.4, -0.2) is 7.05 Å². The molecule has 0 aliphatic rings. The van der Waals surface area contributed by atoms with Crippen LogP contribution in [0.3, 0.4) is 0 Å². The summed E-state index contributed by atoms with van der Waals surface area (Å²) in [6.45, 7) is 0. The number of nitriles is 1. The van der Waals surface area contributed by atoms with Gasteiger partial charge < -0.3 is 10.6 Å². The summed E-state index contributed by atoms with van der Waals surface area (Å²) >= 11 is 2.27. The van der Waals surface area contributed by atoms with E-state index in [0.29, 0.717) is 5.56 Å². The summed E-state index contributed by atoms with van der Waals surface area (Å²) in [5, 5.41) is 8.78. The molecule has 2 aromatic rings. The predicted octanol–water partition coefficient (Wildman–Crippen LogP) is 3.51. The highest BCUT2D eigenvalue weighted by Gasteiger charge is 2.07. The maximum Gasteiger partial charge on any atom is 0.0991 e. The summed E-state index contributed by atoms with van der Waals surface area (Å²) in [5.41, 5.74) is 9.30. The Kier molecular flexibility index (Phi) is 3.72. The van der Waals surface area contributed by atoms with Gasteiger partial charge in [-0.1, -0.05) is 0 Å². The van der Waals surface area contributed by atoms with Crippen molar-refractivity contribution < 1.29 is 0 Å². The third-order valence-corrected chi connectivity index (χ3v) is 3.58. The third kappa shape index (κ3) is 2.57. The van der Waals surface area contributed by atoms with Gasteiger partial charge in [0.1, 0.15) is 0 Å². The van der Waals surface area contributed by atoms with E-state index in [2.05, 4.69) is 33.6 Å². The lowest BCUT2D eigenvalue weighted by Crippen LogP contribution is -2.11. The molecule has 0 bridgehead atoms. The first-order valence-electron chi connectivity index (χ1n) is 5.41. The summed E-state index contributed by atoms with van der Waals surface area (Å²) < 4.78 is 1.10. The molecule has 0 spiro atoms. The molecule has 2 rings (SSSR count). The van der Waals surface area contributed by atoms with E-state index in [1.165, 1.54) is 0 Å². The van der Waals surface area contributed by atoms with Crippen molar-refractivity contribution in [3.8, 4) is 6.07 Å². The summed E-state index contributed by atoms with van der Waals surface area (Å²) in [7, 11) is 2.00. The van der Waals surface area contributed by atoms with Crippen LogP contribution in [0.5, 0.6) is 0 Å². The second kappa shape index (κ2) is 5.27. The van der Waals surface area contributed by atoms with E-state index in [1.807, 2.05) is 49.5 Å². The van der Waals surface area contributed by atoms with Crippen LogP contribution < -0.4 is 10.6 Å². The zero-order valence-electron chi connectivity index (χ0n) is 9.89. The second-order valence-electron chi connectivity index (χ2n) is 3.93. The molecule has 2 N–H and O–H groups in total. The Morgan fingerprint density at radius 1 is 1.17 bits per heavy atom. The third-order valence-electron chi connectivity index (χ3n) is 2.72. The Hall–Kier alpha value is -1.74. The highest BCUT2D eigenvalue weighted by molar-refractivity contribution is 14.1. The molecular weight excluding hydrogens is 337 g/mol. The molecule has 2 aromatic carbocycles. The lowest BCUT2D eigenvalue weighted by molar-refractivity contribution is 1.20. The number of nitrogens with two attached hydrogens (primary N) is 1. The molecule has 0 heterocycles. The lowest BCUT2D eigenvalue weighted by Gasteiger charge is -2.21. The number of anilines is 3. The Balaban J connectivity index is 2.35. The normalized spacial score (nSPS) is 9.83. The van der Waals surface area contributed by atoms with Crippen molar-refractivity contribution in [3.05, 3.63) is 51.6 Å². The average molecular weight is 349 g/mol. The zero-order chi connectivity index (χ0) is 13.1. The topological polar surface area (TPSA) is 53.0 Å². The van der Waals surface area contributed by atoms with Crippen molar-refractivity contribution in [2.24, 2.45) is 0 Å². The zero-order valence-corrected chi connectivity index (χ0v) is 12.0. The van der Waals surface area contributed by atoms with Crippen LogP contribution in [0, 0.1) is 14.9 Å². The van der Waals surface area contributed by atoms with E-state index < -0.39 is 0 Å². The summed E-state index contributed by atoms with van der Waals surface area (Å²) in [4.78, 5) is 2.07. The van der Waals surface area contributed by atoms with Crippen LogP contribution in [0.2, 0.25) is 0 Å². The number of nitrogens with zero attached hydrogens (tertiary/aromatic N) is 2. The highest BCUT2D eigenvalue weighted by atomic mass is 127. The predicted molar refractivity (Wildman–Crippen MR) is 82.8 cm³/mol. The minimum Gasteiger partial charge on any atom is -0.399 e. The monoisotopic (exact) mass is 349 g/mol. The Bertz CT molecular complexity index is 599. The molecule has 0 unspecified atom stereocenters. The molecule has 0 atom stereocenters. The van der Waals surface area contributed by atoms with Crippen LogP contribution in [0.25, 0.3) is 0 Å². The SMILES string of the molecule is CN(c1ccc(C#N)cc1)c1ccc(N)cc1I. The maximum atomic E-state index is 8.78. The number of nitrogen functional groups attached to an aromatic ring is 1. The Morgan fingerprint density at radius 2 is 1.83 bits per heavy atom. The van der Waals surface area contributed by atoms with Crippen LogP contribution in [0.4, 0.5) is 17.1 Å². The molecule has 0 radical (unpaired) electrons. The quantitative estimate of drug-likeness (QED) is 0.667. The van der Waals surface area contributed by atoms with E-state index in [4.69, 9.17) is 11.0 Å². The average Bonchev–Trinajstić information content (AvgIpc) is 2.38. The maximum absolute atomic E-state index is 8.78. The van der Waals surface area contributed by atoms with Gasteiger partial charge in [0.2, 0.25) is 0 Å². The largest absolute Gasteiger partial charge is 0.399 e. The van der Waals surface area contributed by atoms with E-state index in [-0.39, 0.29) is 0 Å². The molecule has 18 heavy (non-hydrogen) atoms. The molecule has 4 heteroatoms. The van der Waals surface area contributed by atoms with E-state index >= 15 is 0 Å². The number of rotatable bonds is 2. The first kappa shape index (κ1) is 12.7. The summed E-state index contributed by atoms with van der Waals surface area (Å²) in [5.74, 6) is 0. The second-order valence-corrected chi connectivity index (χ2v) is 5.09. The molecular formula is C14H12IN3. The van der Waals surface area contributed by atoms with Crippen LogP contribution in [0.15, 0.2) is 42.5 Å². The van der Waals surface area contributed by atoms with Gasteiger partial charge in [-0.15, -0.1) is 0 Å². The smallest absolute Gasteiger partial charge is 0.0991 e. The van der Waals surface area contributed by atoms with Gasteiger partial charge in [0.05, 0.1) is 17.3 Å². The van der Waals surface area contributed by atoms with Crippen molar-refractivity contribution in [2.45, 2.75) is 0 Å². The molecule has 0 amide bonds. The highest BCUT2D eigenvalue weighted by Crippen LogP contribution is 2.29. The Morgan fingerprint density at radius 3 is 2.39 bits per heavy atom. The van der Waals surface area contributed by atoms with Crippen molar-refractivity contribution >= 4 is 39.7 Å². The molecule has 3 nitrogen and oxygen atoms in total. The fourth-order valence-corrected chi connectivity index (χ4v) is 2.60. The van der Waals surface area contributed by atoms with Crippen LogP contribution in [-0.2, 0) is 0 Å². The van der Waals surface area contributed by atoms with Crippen molar-refractivity contribution in [3.63, 3.8) is 0 Å². The van der Waals surface area contributed by atoms with Gasteiger partial charge in [-0.2, -0.15) is 5.26 Å². The molecule has 0 fully saturated rings. The van der Waals surface area contributed by atoms with Crippen molar-refractivity contribution in [2.75, 3.05) is 17.7 Å². The van der Waals surface area contributed by atoms with Crippen molar-refractivity contribution in [1.82, 2.24) is 0 Å². The minimum absolute atomic E-state index is 0.666.